The van der Waals surface area contributed by atoms with Crippen molar-refractivity contribution in [3.05, 3.63) is 23.8 Å². The Morgan fingerprint density at radius 3 is 2.81 bits per heavy atom. The van der Waals surface area contributed by atoms with Gasteiger partial charge in [-0.05, 0) is 24.1 Å². The number of carbonyl (C=O) groups is 1. The second-order valence-electron chi connectivity index (χ2n) is 5.20. The number of aromatic hydroxyl groups is 1. The molecule has 0 saturated carbocycles. The fourth-order valence-electron chi connectivity index (χ4n) is 2.11. The van der Waals surface area contributed by atoms with Gasteiger partial charge in [-0.3, -0.25) is 4.79 Å². The number of nitrogens with one attached hydrogen (secondary N) is 1. The van der Waals surface area contributed by atoms with Crippen LogP contribution in [-0.2, 0) is 11.3 Å². The molecule has 4 nitrogen and oxygen atoms in total. The molecule has 118 valence electrons. The van der Waals surface area contributed by atoms with E-state index in [-0.39, 0.29) is 24.0 Å². The van der Waals surface area contributed by atoms with E-state index >= 15 is 0 Å². The highest BCUT2D eigenvalue weighted by atomic mass is 16.5. The maximum Gasteiger partial charge on any atom is 0.220 e. The van der Waals surface area contributed by atoms with Gasteiger partial charge in [0.1, 0.15) is 0 Å². The van der Waals surface area contributed by atoms with E-state index in [0.717, 1.165) is 19.3 Å². The molecule has 0 atom stereocenters. The highest BCUT2D eigenvalue weighted by Gasteiger charge is 2.05. The average molecular weight is 296 g/mol. The number of carbonyl (C=O) groups excluding carboxylic acids is 1. The van der Waals surface area contributed by atoms with Crippen LogP contribution in [0.25, 0.3) is 0 Å². The summed E-state index contributed by atoms with van der Waals surface area (Å²) in [4.78, 5) is 11.8. The average Bonchev–Trinajstić information content (AvgIpc) is 2.50. The third-order valence-electron chi connectivity index (χ3n) is 3.38. The van der Waals surface area contributed by atoms with Crippen molar-refractivity contribution in [1.29, 1.82) is 0 Å². The third-order valence-corrected chi connectivity index (χ3v) is 3.38. The number of unbranched alkanes of at least 4 members (excludes halogenated alkanes) is 5. The molecule has 0 aliphatic rings. The Kier molecular flexibility index (Phi) is 6.23. The van der Waals surface area contributed by atoms with Crippen molar-refractivity contribution in [2.24, 2.45) is 0 Å². The van der Waals surface area contributed by atoms with Crippen LogP contribution in [0, 0.1) is 0 Å². The summed E-state index contributed by atoms with van der Waals surface area (Å²) >= 11 is 0. The summed E-state index contributed by atoms with van der Waals surface area (Å²) in [6.07, 6.45) is 7.26. The topological polar surface area (TPSA) is 58.6 Å². The molecule has 2 N–H and O–H groups in total. The molecule has 21 heavy (non-hydrogen) atoms. The smallest absolute Gasteiger partial charge is 0.220 e. The summed E-state index contributed by atoms with van der Waals surface area (Å²) < 4.78 is 25.9. The van der Waals surface area contributed by atoms with E-state index in [0.29, 0.717) is 12.0 Å². The van der Waals surface area contributed by atoms with Gasteiger partial charge in [-0.15, -0.1) is 0 Å². The van der Waals surface area contributed by atoms with Gasteiger partial charge >= 0.3 is 0 Å². The maximum atomic E-state index is 11.8. The summed E-state index contributed by atoms with van der Waals surface area (Å²) in [5.74, 6) is -0.386. The first-order chi connectivity index (χ1) is 11.3. The second kappa shape index (κ2) is 10.1. The molecular weight excluding hydrogens is 266 g/mol. The number of methoxy groups -OCH3 is 1. The van der Waals surface area contributed by atoms with E-state index in [1.165, 1.54) is 31.4 Å². The van der Waals surface area contributed by atoms with Crippen molar-refractivity contribution >= 4 is 5.91 Å². The molecule has 0 unspecified atom stereocenters. The number of benzene rings is 1. The van der Waals surface area contributed by atoms with Gasteiger partial charge in [0, 0.05) is 13.0 Å². The molecule has 0 fully saturated rings. The minimum Gasteiger partial charge on any atom is -0.504 e. The fourth-order valence-corrected chi connectivity index (χ4v) is 2.11. The summed E-state index contributed by atoms with van der Waals surface area (Å²) in [7, 11) is -2.63. The molecule has 0 aromatic heterocycles. The van der Waals surface area contributed by atoms with Crippen molar-refractivity contribution in [3.63, 3.8) is 0 Å². The van der Waals surface area contributed by atoms with Crippen LogP contribution in [-0.4, -0.2) is 18.1 Å². The van der Waals surface area contributed by atoms with Crippen molar-refractivity contribution in [1.82, 2.24) is 5.32 Å². The van der Waals surface area contributed by atoms with Gasteiger partial charge in [0.2, 0.25) is 5.91 Å². The molecule has 1 rings (SSSR count). The highest BCUT2D eigenvalue weighted by molar-refractivity contribution is 5.75. The SMILES string of the molecule is [2H]C([2H])([2H])Oc1cc(CNC(=O)CCCCCCCC)ccc1O. The normalized spacial score (nSPS) is 13.1. The second-order valence-corrected chi connectivity index (χ2v) is 5.20. The Labute approximate surface area is 131 Å². The molecular formula is C17H27NO3. The molecule has 0 bridgehead atoms. The van der Waals surface area contributed by atoms with Gasteiger partial charge in [0.05, 0.1) is 11.2 Å². The Balaban J connectivity index is 2.36. The Bertz CT molecular complexity index is 518. The lowest BCUT2D eigenvalue weighted by atomic mass is 10.1. The largest absolute Gasteiger partial charge is 0.504 e. The standard InChI is InChI=1S/C17H27NO3/c1-3-4-5-6-7-8-9-17(20)18-13-14-10-11-15(19)16(12-14)21-2/h10-12,19H,3-9,13H2,1-2H3,(H,18,20)/i2D3. The number of phenols is 1. The van der Waals surface area contributed by atoms with Gasteiger partial charge in [-0.25, -0.2) is 0 Å². The van der Waals surface area contributed by atoms with Gasteiger partial charge in [-0.1, -0.05) is 45.1 Å². The Morgan fingerprint density at radius 2 is 2.05 bits per heavy atom. The summed E-state index contributed by atoms with van der Waals surface area (Å²) in [6, 6.07) is 4.40. The minimum atomic E-state index is -2.63. The van der Waals surface area contributed by atoms with E-state index in [1.807, 2.05) is 0 Å². The molecule has 4 heteroatoms. The van der Waals surface area contributed by atoms with E-state index in [9.17, 15) is 9.90 Å². The summed E-state index contributed by atoms with van der Waals surface area (Å²) in [6.45, 7) is 2.44. The number of hydrogen-bond donors (Lipinski definition) is 2. The molecule has 1 aromatic carbocycles. The Hall–Kier alpha value is -1.71. The predicted octanol–water partition coefficient (Wildman–Crippen LogP) is 3.77. The van der Waals surface area contributed by atoms with Crippen molar-refractivity contribution in [3.8, 4) is 11.5 Å². The molecule has 1 aromatic rings. The minimum absolute atomic E-state index is 0.0307. The van der Waals surface area contributed by atoms with Crippen LogP contribution >= 0.6 is 0 Å². The van der Waals surface area contributed by atoms with Crippen molar-refractivity contribution in [2.75, 3.05) is 7.04 Å². The Morgan fingerprint density at radius 1 is 1.29 bits per heavy atom. The van der Waals surface area contributed by atoms with E-state index in [2.05, 4.69) is 12.2 Å². The van der Waals surface area contributed by atoms with Gasteiger partial charge < -0.3 is 15.2 Å². The first-order valence-corrected chi connectivity index (χ1v) is 7.59. The molecule has 1 amide bonds. The van der Waals surface area contributed by atoms with E-state index < -0.39 is 7.04 Å². The summed E-state index contributed by atoms with van der Waals surface area (Å²) in [5.41, 5.74) is 0.670. The number of rotatable bonds is 10. The first kappa shape index (κ1) is 13.0. The van der Waals surface area contributed by atoms with Crippen molar-refractivity contribution < 1.29 is 18.8 Å². The number of phenolic OH excluding ortho intramolecular Hbond substituents is 1. The number of ether oxygens (including phenoxy) is 1. The van der Waals surface area contributed by atoms with Crippen LogP contribution in [0.4, 0.5) is 0 Å². The van der Waals surface area contributed by atoms with Crippen LogP contribution < -0.4 is 10.1 Å². The molecule has 0 radical (unpaired) electrons. The monoisotopic (exact) mass is 296 g/mol. The fraction of sp³-hybridized carbons (Fsp3) is 0.588. The van der Waals surface area contributed by atoms with E-state index in [4.69, 9.17) is 8.85 Å². The zero-order chi connectivity index (χ0) is 18.0. The van der Waals surface area contributed by atoms with Crippen molar-refractivity contribution in [2.45, 2.75) is 58.4 Å². The van der Waals surface area contributed by atoms with Crippen LogP contribution in [0.5, 0.6) is 11.5 Å². The van der Waals surface area contributed by atoms with Crippen LogP contribution in [0.3, 0.4) is 0 Å². The van der Waals surface area contributed by atoms with Gasteiger partial charge in [0.15, 0.2) is 11.5 Å². The van der Waals surface area contributed by atoms with E-state index in [1.54, 1.807) is 6.07 Å². The highest BCUT2D eigenvalue weighted by Crippen LogP contribution is 2.26. The quantitative estimate of drug-likeness (QED) is 0.646. The van der Waals surface area contributed by atoms with Gasteiger partial charge in [-0.2, -0.15) is 0 Å². The van der Waals surface area contributed by atoms with Crippen LogP contribution in [0.2, 0.25) is 0 Å². The first-order valence-electron chi connectivity index (χ1n) is 9.09. The van der Waals surface area contributed by atoms with Crippen LogP contribution in [0.15, 0.2) is 18.2 Å². The lowest BCUT2D eigenvalue weighted by molar-refractivity contribution is -0.121. The third kappa shape index (κ3) is 7.02. The van der Waals surface area contributed by atoms with Crippen LogP contribution in [0.1, 0.15) is 61.5 Å². The number of amides is 1. The zero-order valence-corrected chi connectivity index (χ0v) is 12.7. The molecule has 0 aliphatic heterocycles. The maximum absolute atomic E-state index is 11.8. The van der Waals surface area contributed by atoms with Gasteiger partial charge in [0.25, 0.3) is 0 Å². The molecule has 0 aliphatic carbocycles. The summed E-state index contributed by atoms with van der Waals surface area (Å²) in [5, 5.41) is 12.4. The molecule has 0 heterocycles. The lowest BCUT2D eigenvalue weighted by Crippen LogP contribution is -2.22. The molecule has 0 spiro atoms. The number of hydrogen-bond acceptors (Lipinski definition) is 3. The zero-order valence-electron chi connectivity index (χ0n) is 15.7. The lowest BCUT2D eigenvalue weighted by Gasteiger charge is -2.08. The predicted molar refractivity (Wildman–Crippen MR) is 84.5 cm³/mol. The molecule has 0 saturated heterocycles.